The number of pyridine rings is 1. The topological polar surface area (TPSA) is 42.0 Å². The van der Waals surface area contributed by atoms with Crippen molar-refractivity contribution in [2.45, 2.75) is 0 Å². The Bertz CT molecular complexity index is 280. The fourth-order valence-corrected chi connectivity index (χ4v) is 0.762. The number of nitrogens with one attached hydrogen (secondary N) is 1. The number of carbonyl (C=O) groups excluding carboxylic acids is 1. The van der Waals surface area contributed by atoms with Crippen LogP contribution in [0.15, 0.2) is 30.1 Å². The minimum atomic E-state index is 0.397. The summed E-state index contributed by atoms with van der Waals surface area (Å²) in [6.07, 6.45) is 5.06. The highest BCUT2D eigenvalue weighted by molar-refractivity contribution is 5.80. The zero-order chi connectivity index (χ0) is 8.81. The predicted octanol–water partition coefficient (Wildman–Crippen LogP) is 0.752. The molecule has 0 fully saturated rings. The van der Waals surface area contributed by atoms with Crippen molar-refractivity contribution in [1.29, 1.82) is 0 Å². The van der Waals surface area contributed by atoms with E-state index in [4.69, 9.17) is 0 Å². The molecule has 0 aliphatic rings. The van der Waals surface area contributed by atoms with Gasteiger partial charge in [0.15, 0.2) is 0 Å². The van der Waals surface area contributed by atoms with Crippen molar-refractivity contribution in [2.24, 2.45) is 0 Å². The smallest absolute Gasteiger partial charge is 0.250 e. The van der Waals surface area contributed by atoms with Gasteiger partial charge in [-0.05, 0) is 18.2 Å². The van der Waals surface area contributed by atoms with Gasteiger partial charge < -0.3 is 5.32 Å². The minimum absolute atomic E-state index is 0.397. The van der Waals surface area contributed by atoms with E-state index < -0.39 is 0 Å². The molecule has 0 aliphatic carbocycles. The fourth-order valence-electron chi connectivity index (χ4n) is 0.762. The largest absolute Gasteiger partial charge is 0.385 e. The molecule has 0 bridgehead atoms. The van der Waals surface area contributed by atoms with Crippen LogP contribution < -0.4 is 5.32 Å². The quantitative estimate of drug-likeness (QED) is 0.665. The summed E-state index contributed by atoms with van der Waals surface area (Å²) in [5.74, 6) is 0. The summed E-state index contributed by atoms with van der Waals surface area (Å²) in [5, 5.41) is 2.70. The van der Waals surface area contributed by atoms with Crippen LogP contribution in [0.3, 0.4) is 0 Å². The third kappa shape index (κ3) is 2.20. The van der Waals surface area contributed by atoms with Gasteiger partial charge in [-0.1, -0.05) is 6.07 Å². The van der Waals surface area contributed by atoms with Gasteiger partial charge in [0.2, 0.25) is 0 Å². The van der Waals surface area contributed by atoms with E-state index in [1.807, 2.05) is 18.2 Å². The van der Waals surface area contributed by atoms with Crippen LogP contribution >= 0.6 is 0 Å². The molecular formula is C9H9N2O. The standard InChI is InChI=1S/C9H9N2O/c1-10-9(7-12)6-8-4-2-3-5-11-8/h2-6,10H,1H3. The Balaban J connectivity index is 2.86. The number of hydrogen-bond acceptors (Lipinski definition) is 3. The second-order valence-electron chi connectivity index (χ2n) is 2.16. The Morgan fingerprint density at radius 2 is 2.50 bits per heavy atom. The van der Waals surface area contributed by atoms with Crippen LogP contribution in [0.5, 0.6) is 0 Å². The molecular weight excluding hydrogens is 152 g/mol. The first-order valence-corrected chi connectivity index (χ1v) is 3.55. The maximum Gasteiger partial charge on any atom is 0.250 e. The van der Waals surface area contributed by atoms with E-state index in [0.717, 1.165) is 5.69 Å². The van der Waals surface area contributed by atoms with Crippen LogP contribution in [0.25, 0.3) is 6.08 Å². The SMILES string of the molecule is CNC([C]=O)=Cc1ccccn1. The van der Waals surface area contributed by atoms with Crippen LogP contribution in [0.2, 0.25) is 0 Å². The molecule has 1 radical (unpaired) electrons. The first kappa shape index (κ1) is 8.46. The van der Waals surface area contributed by atoms with Crippen LogP contribution in [-0.2, 0) is 4.79 Å². The lowest BCUT2D eigenvalue weighted by atomic mass is 10.3. The zero-order valence-corrected chi connectivity index (χ0v) is 6.74. The molecule has 1 rings (SSSR count). The molecule has 3 nitrogen and oxygen atoms in total. The van der Waals surface area contributed by atoms with Gasteiger partial charge >= 0.3 is 0 Å². The lowest BCUT2D eigenvalue weighted by Gasteiger charge is -1.95. The number of nitrogens with zero attached hydrogens (tertiary/aromatic N) is 1. The Morgan fingerprint density at radius 1 is 1.67 bits per heavy atom. The highest BCUT2D eigenvalue weighted by Gasteiger charge is 1.92. The van der Waals surface area contributed by atoms with Crippen molar-refractivity contribution in [2.75, 3.05) is 7.05 Å². The number of likely N-dealkylation sites (N-methyl/N-ethyl adjacent to an activating group) is 1. The van der Waals surface area contributed by atoms with Gasteiger partial charge in [-0.3, -0.25) is 9.78 Å². The van der Waals surface area contributed by atoms with Gasteiger partial charge in [0.25, 0.3) is 6.29 Å². The normalized spacial score (nSPS) is 10.9. The summed E-state index contributed by atoms with van der Waals surface area (Å²) in [4.78, 5) is 14.3. The van der Waals surface area contributed by atoms with E-state index >= 15 is 0 Å². The second-order valence-corrected chi connectivity index (χ2v) is 2.16. The fraction of sp³-hybridized carbons (Fsp3) is 0.111. The van der Waals surface area contributed by atoms with E-state index in [9.17, 15) is 4.79 Å². The van der Waals surface area contributed by atoms with Crippen molar-refractivity contribution in [3.63, 3.8) is 0 Å². The molecule has 1 N–H and O–H groups in total. The Labute approximate surface area is 71.1 Å². The molecule has 1 heterocycles. The second kappa shape index (κ2) is 4.28. The molecule has 3 heteroatoms. The third-order valence-electron chi connectivity index (χ3n) is 1.36. The lowest BCUT2D eigenvalue weighted by Crippen LogP contribution is -2.06. The highest BCUT2D eigenvalue weighted by Crippen LogP contribution is 1.98. The monoisotopic (exact) mass is 161 g/mol. The summed E-state index contributed by atoms with van der Waals surface area (Å²) in [5.41, 5.74) is 1.14. The van der Waals surface area contributed by atoms with Crippen molar-refractivity contribution in [3.8, 4) is 0 Å². The molecule has 0 atom stereocenters. The number of aromatic nitrogens is 1. The van der Waals surface area contributed by atoms with E-state index in [1.54, 1.807) is 25.6 Å². The zero-order valence-electron chi connectivity index (χ0n) is 6.74. The molecule has 0 aromatic carbocycles. The van der Waals surface area contributed by atoms with E-state index in [2.05, 4.69) is 10.3 Å². The average molecular weight is 161 g/mol. The summed E-state index contributed by atoms with van der Waals surface area (Å²) in [7, 11) is 1.67. The molecule has 12 heavy (non-hydrogen) atoms. The van der Waals surface area contributed by atoms with Gasteiger partial charge in [0, 0.05) is 13.2 Å². The molecule has 0 saturated heterocycles. The minimum Gasteiger partial charge on any atom is -0.385 e. The number of hydrogen-bond donors (Lipinski definition) is 1. The number of allylic oxidation sites excluding steroid dienone is 1. The molecule has 0 amide bonds. The van der Waals surface area contributed by atoms with Gasteiger partial charge in [0.05, 0.1) is 11.4 Å². The lowest BCUT2D eigenvalue weighted by molar-refractivity contribution is 0.559. The maximum atomic E-state index is 10.3. The van der Waals surface area contributed by atoms with Gasteiger partial charge in [-0.15, -0.1) is 0 Å². The molecule has 0 spiro atoms. The first-order chi connectivity index (χ1) is 5.86. The molecule has 0 aliphatic heterocycles. The molecule has 1 aromatic rings. The summed E-state index contributed by atoms with van der Waals surface area (Å²) in [6, 6.07) is 5.49. The molecule has 0 unspecified atom stereocenters. The van der Waals surface area contributed by atoms with Gasteiger partial charge in [-0.25, -0.2) is 0 Å². The van der Waals surface area contributed by atoms with Crippen LogP contribution in [0, 0.1) is 0 Å². The van der Waals surface area contributed by atoms with Crippen molar-refractivity contribution in [1.82, 2.24) is 10.3 Å². The summed E-state index contributed by atoms with van der Waals surface area (Å²) < 4.78 is 0. The third-order valence-corrected chi connectivity index (χ3v) is 1.36. The maximum absolute atomic E-state index is 10.3. The van der Waals surface area contributed by atoms with Crippen molar-refractivity contribution < 1.29 is 4.79 Å². The van der Waals surface area contributed by atoms with E-state index in [-0.39, 0.29) is 0 Å². The van der Waals surface area contributed by atoms with Crippen LogP contribution in [-0.4, -0.2) is 18.3 Å². The van der Waals surface area contributed by atoms with Crippen LogP contribution in [0.4, 0.5) is 0 Å². The van der Waals surface area contributed by atoms with Crippen molar-refractivity contribution >= 4 is 12.4 Å². The summed E-state index contributed by atoms with van der Waals surface area (Å²) in [6.45, 7) is 0. The summed E-state index contributed by atoms with van der Waals surface area (Å²) >= 11 is 0. The number of rotatable bonds is 3. The average Bonchev–Trinajstić information content (AvgIpc) is 2.16. The van der Waals surface area contributed by atoms with E-state index in [1.165, 1.54) is 0 Å². The van der Waals surface area contributed by atoms with Gasteiger partial charge in [-0.2, -0.15) is 0 Å². The molecule has 0 saturated carbocycles. The molecule has 1 aromatic heterocycles. The molecule has 61 valence electrons. The van der Waals surface area contributed by atoms with Gasteiger partial charge in [0.1, 0.15) is 0 Å². The van der Waals surface area contributed by atoms with Crippen molar-refractivity contribution in [3.05, 3.63) is 35.8 Å². The Morgan fingerprint density at radius 3 is 3.00 bits per heavy atom. The van der Waals surface area contributed by atoms with Crippen LogP contribution in [0.1, 0.15) is 5.69 Å². The predicted molar refractivity (Wildman–Crippen MR) is 47.0 cm³/mol. The van der Waals surface area contributed by atoms with E-state index in [0.29, 0.717) is 5.70 Å². The first-order valence-electron chi connectivity index (χ1n) is 3.55. The Hall–Kier alpha value is -1.64. The Kier molecular flexibility index (Phi) is 3.02. The highest BCUT2D eigenvalue weighted by atomic mass is 16.1.